The number of benzene rings is 2. The fraction of sp³-hybridized carbons (Fsp3) is 0.333. The fourth-order valence-electron chi connectivity index (χ4n) is 4.14. The molecule has 1 aliphatic rings. The minimum absolute atomic E-state index is 0.00441. The Kier molecular flexibility index (Phi) is 8.06. The van der Waals surface area contributed by atoms with Crippen molar-refractivity contribution in [3.8, 4) is 11.5 Å². The van der Waals surface area contributed by atoms with Crippen LogP contribution in [-0.4, -0.2) is 50.9 Å². The van der Waals surface area contributed by atoms with Crippen LogP contribution < -0.4 is 9.47 Å². The Morgan fingerprint density at radius 3 is 2.14 bits per heavy atom. The minimum Gasteiger partial charge on any atom is -0.497 e. The van der Waals surface area contributed by atoms with E-state index in [4.69, 9.17) is 18.9 Å². The van der Waals surface area contributed by atoms with Crippen LogP contribution in [0.4, 0.5) is 0 Å². The molecule has 2 aromatic carbocycles. The number of carbonyl (C=O) groups is 4. The number of carbonyl (C=O) groups excluding carboxylic acids is 4. The van der Waals surface area contributed by atoms with Crippen molar-refractivity contribution in [1.82, 2.24) is 0 Å². The van der Waals surface area contributed by atoms with E-state index in [1.54, 1.807) is 56.3 Å². The number of methoxy groups -OCH3 is 2. The van der Waals surface area contributed by atoms with Crippen molar-refractivity contribution in [3.05, 3.63) is 65.2 Å². The minimum atomic E-state index is -1.91. The summed E-state index contributed by atoms with van der Waals surface area (Å²) in [5.74, 6) is -1.99. The third-order valence-electron chi connectivity index (χ3n) is 5.86. The zero-order chi connectivity index (χ0) is 25.6. The maximum atomic E-state index is 13.8. The smallest absolute Gasteiger partial charge is 0.342 e. The summed E-state index contributed by atoms with van der Waals surface area (Å²) >= 11 is 0. The molecule has 0 aromatic heterocycles. The molecular weight excluding hydrogens is 452 g/mol. The van der Waals surface area contributed by atoms with Crippen molar-refractivity contribution in [3.63, 3.8) is 0 Å². The van der Waals surface area contributed by atoms with Crippen LogP contribution in [-0.2, 0) is 23.9 Å². The van der Waals surface area contributed by atoms with Crippen molar-refractivity contribution in [1.29, 1.82) is 0 Å². The first-order valence-corrected chi connectivity index (χ1v) is 11.2. The van der Waals surface area contributed by atoms with Crippen LogP contribution in [0.3, 0.4) is 0 Å². The summed E-state index contributed by atoms with van der Waals surface area (Å²) in [7, 11) is 2.97. The zero-order valence-electron chi connectivity index (χ0n) is 20.2. The monoisotopic (exact) mass is 480 g/mol. The maximum Gasteiger partial charge on any atom is 0.342 e. The van der Waals surface area contributed by atoms with Crippen LogP contribution in [0.1, 0.15) is 42.6 Å². The molecule has 8 heteroatoms. The summed E-state index contributed by atoms with van der Waals surface area (Å²) in [5, 5.41) is 0. The second-order valence-electron chi connectivity index (χ2n) is 7.95. The SMILES string of the molecule is CCOC(=O)C1=C(c2cccc(OC)c2)CC(CC(=O)c2cccc(OC)c2)(C(=O)OCC)C1=O. The molecule has 1 atom stereocenters. The predicted octanol–water partition coefficient (Wildman–Crippen LogP) is 3.82. The van der Waals surface area contributed by atoms with Gasteiger partial charge in [-0.2, -0.15) is 0 Å². The quantitative estimate of drug-likeness (QED) is 0.219. The molecule has 0 amide bonds. The Balaban J connectivity index is 2.12. The van der Waals surface area contributed by atoms with Crippen molar-refractivity contribution < 1.29 is 38.1 Å². The topological polar surface area (TPSA) is 105 Å². The molecule has 0 aliphatic heterocycles. The van der Waals surface area contributed by atoms with Crippen molar-refractivity contribution in [2.45, 2.75) is 26.7 Å². The Labute approximate surface area is 203 Å². The van der Waals surface area contributed by atoms with E-state index in [2.05, 4.69) is 0 Å². The molecule has 184 valence electrons. The van der Waals surface area contributed by atoms with Gasteiger partial charge in [-0.05, 0) is 55.7 Å². The second kappa shape index (κ2) is 11.0. The number of hydrogen-bond donors (Lipinski definition) is 0. The van der Waals surface area contributed by atoms with Gasteiger partial charge >= 0.3 is 11.9 Å². The second-order valence-corrected chi connectivity index (χ2v) is 7.95. The molecule has 1 aliphatic carbocycles. The summed E-state index contributed by atoms with van der Waals surface area (Å²) in [6.45, 7) is 3.27. The highest BCUT2D eigenvalue weighted by molar-refractivity contribution is 6.33. The molecule has 0 bridgehead atoms. The number of allylic oxidation sites excluding steroid dienone is 1. The van der Waals surface area contributed by atoms with E-state index in [9.17, 15) is 19.2 Å². The average Bonchev–Trinajstić information content (AvgIpc) is 3.17. The third kappa shape index (κ3) is 5.11. The lowest BCUT2D eigenvalue weighted by atomic mass is 9.76. The molecule has 0 saturated carbocycles. The number of ketones is 2. The first-order valence-electron chi connectivity index (χ1n) is 11.2. The standard InChI is InChI=1S/C27H28O8/c1-5-34-25(30)23-21(17-9-7-11-19(13-17)32-3)15-27(24(23)29,26(31)35-6-2)16-22(28)18-10-8-12-20(14-18)33-4/h7-14H,5-6,15-16H2,1-4H3. The van der Waals surface area contributed by atoms with Gasteiger partial charge in [-0.25, -0.2) is 4.79 Å². The molecule has 8 nitrogen and oxygen atoms in total. The van der Waals surface area contributed by atoms with E-state index >= 15 is 0 Å². The van der Waals surface area contributed by atoms with Gasteiger partial charge in [-0.15, -0.1) is 0 Å². The molecular formula is C27H28O8. The normalized spacial score (nSPS) is 17.2. The number of ether oxygens (including phenoxy) is 4. The number of hydrogen-bond acceptors (Lipinski definition) is 8. The van der Waals surface area contributed by atoms with Gasteiger partial charge in [0.2, 0.25) is 0 Å². The van der Waals surface area contributed by atoms with E-state index in [1.807, 2.05) is 0 Å². The van der Waals surface area contributed by atoms with Crippen LogP contribution in [0.15, 0.2) is 54.1 Å². The molecule has 0 radical (unpaired) electrons. The molecule has 35 heavy (non-hydrogen) atoms. The van der Waals surface area contributed by atoms with Gasteiger partial charge in [-0.1, -0.05) is 24.3 Å². The third-order valence-corrected chi connectivity index (χ3v) is 5.86. The largest absolute Gasteiger partial charge is 0.497 e. The van der Waals surface area contributed by atoms with Crippen LogP contribution >= 0.6 is 0 Å². The Bertz CT molecular complexity index is 1180. The van der Waals surface area contributed by atoms with Gasteiger partial charge < -0.3 is 18.9 Å². The highest BCUT2D eigenvalue weighted by Gasteiger charge is 2.57. The first-order chi connectivity index (χ1) is 16.8. The first kappa shape index (κ1) is 25.7. The Morgan fingerprint density at radius 2 is 1.51 bits per heavy atom. The van der Waals surface area contributed by atoms with Crippen LogP contribution in [0.25, 0.3) is 5.57 Å². The summed E-state index contributed by atoms with van der Waals surface area (Å²) in [4.78, 5) is 53.3. The van der Waals surface area contributed by atoms with Gasteiger partial charge in [0, 0.05) is 12.0 Å². The lowest BCUT2D eigenvalue weighted by molar-refractivity contribution is -0.158. The highest BCUT2D eigenvalue weighted by Crippen LogP contribution is 2.48. The molecule has 3 rings (SSSR count). The van der Waals surface area contributed by atoms with E-state index in [1.165, 1.54) is 20.3 Å². The average molecular weight is 481 g/mol. The van der Waals surface area contributed by atoms with Crippen molar-refractivity contribution in [2.75, 3.05) is 27.4 Å². The number of rotatable bonds is 10. The summed E-state index contributed by atoms with van der Waals surface area (Å²) in [5.41, 5.74) is -1.07. The fourth-order valence-corrected chi connectivity index (χ4v) is 4.14. The molecule has 0 fully saturated rings. The van der Waals surface area contributed by atoms with Crippen LogP contribution in [0, 0.1) is 5.41 Å². The van der Waals surface area contributed by atoms with Gasteiger partial charge in [0.15, 0.2) is 11.6 Å². The number of esters is 2. The van der Waals surface area contributed by atoms with Gasteiger partial charge in [-0.3, -0.25) is 14.4 Å². The van der Waals surface area contributed by atoms with E-state index in [0.717, 1.165) is 0 Å². The molecule has 0 saturated heterocycles. The molecule has 2 aromatic rings. The van der Waals surface area contributed by atoms with E-state index < -0.39 is 35.3 Å². The summed E-state index contributed by atoms with van der Waals surface area (Å²) < 4.78 is 20.9. The van der Waals surface area contributed by atoms with Gasteiger partial charge in [0.25, 0.3) is 0 Å². The molecule has 0 spiro atoms. The zero-order valence-corrected chi connectivity index (χ0v) is 20.2. The van der Waals surface area contributed by atoms with Crippen molar-refractivity contribution >= 4 is 29.1 Å². The maximum absolute atomic E-state index is 13.8. The lowest BCUT2D eigenvalue weighted by Crippen LogP contribution is -2.41. The van der Waals surface area contributed by atoms with E-state index in [0.29, 0.717) is 22.6 Å². The Morgan fingerprint density at radius 1 is 0.886 bits per heavy atom. The molecule has 0 N–H and O–H groups in total. The number of Topliss-reactive ketones (excluding diaryl/α,β-unsaturated/α-hetero) is 2. The van der Waals surface area contributed by atoms with E-state index in [-0.39, 0.29) is 30.8 Å². The lowest BCUT2D eigenvalue weighted by Gasteiger charge is -2.25. The predicted molar refractivity (Wildman–Crippen MR) is 127 cm³/mol. The van der Waals surface area contributed by atoms with Crippen molar-refractivity contribution in [2.24, 2.45) is 5.41 Å². The summed E-state index contributed by atoms with van der Waals surface area (Å²) in [6, 6.07) is 13.2. The molecule has 0 heterocycles. The highest BCUT2D eigenvalue weighted by atomic mass is 16.5. The Hall–Kier alpha value is -3.94. The van der Waals surface area contributed by atoms with Crippen LogP contribution in [0.2, 0.25) is 0 Å². The van der Waals surface area contributed by atoms with Gasteiger partial charge in [0.1, 0.15) is 22.5 Å². The van der Waals surface area contributed by atoms with Gasteiger partial charge in [0.05, 0.1) is 27.4 Å². The van der Waals surface area contributed by atoms with Crippen LogP contribution in [0.5, 0.6) is 11.5 Å². The molecule has 1 unspecified atom stereocenters. The summed E-state index contributed by atoms with van der Waals surface area (Å²) in [6.07, 6.45) is -0.671.